The molecule has 0 aliphatic heterocycles. The summed E-state index contributed by atoms with van der Waals surface area (Å²) in [5.41, 5.74) is 1.86. The lowest BCUT2D eigenvalue weighted by atomic mass is 10.2. The van der Waals surface area contributed by atoms with E-state index in [1.165, 1.54) is 0 Å². The van der Waals surface area contributed by atoms with Crippen molar-refractivity contribution < 1.29 is 4.79 Å². The average Bonchev–Trinajstić information content (AvgIpc) is 2.75. The van der Waals surface area contributed by atoms with Gasteiger partial charge in [0.25, 0.3) is 0 Å². The van der Waals surface area contributed by atoms with Gasteiger partial charge in [0, 0.05) is 36.6 Å². The van der Waals surface area contributed by atoms with Crippen LogP contribution in [-0.2, 0) is 13.6 Å². The summed E-state index contributed by atoms with van der Waals surface area (Å²) >= 11 is 5.94. The number of halogens is 1. The Morgan fingerprint density at radius 2 is 2.16 bits per heavy atom. The predicted octanol–water partition coefficient (Wildman–Crippen LogP) is 2.99. The molecule has 2 aromatic rings. The number of rotatable bonds is 5. The Kier molecular flexibility index (Phi) is 4.40. The Hall–Kier alpha value is -1.58. The van der Waals surface area contributed by atoms with Crippen molar-refractivity contribution in [1.29, 1.82) is 0 Å². The van der Waals surface area contributed by atoms with Crippen molar-refractivity contribution in [1.82, 2.24) is 9.47 Å². The van der Waals surface area contributed by atoms with Crippen LogP contribution in [0.4, 0.5) is 0 Å². The van der Waals surface area contributed by atoms with Gasteiger partial charge in [0.2, 0.25) is 0 Å². The van der Waals surface area contributed by atoms with Crippen LogP contribution in [-0.4, -0.2) is 28.8 Å². The van der Waals surface area contributed by atoms with Crippen molar-refractivity contribution in [2.24, 2.45) is 7.05 Å². The van der Waals surface area contributed by atoms with Gasteiger partial charge in [-0.2, -0.15) is 0 Å². The molecule has 100 valence electrons. The summed E-state index contributed by atoms with van der Waals surface area (Å²) < 4.78 is 1.88. The summed E-state index contributed by atoms with van der Waals surface area (Å²) in [7, 11) is 3.84. The Balaban J connectivity index is 1.94. The summed E-state index contributed by atoms with van der Waals surface area (Å²) in [5, 5.41) is 0.722. The van der Waals surface area contributed by atoms with Gasteiger partial charge in [0.15, 0.2) is 5.78 Å². The van der Waals surface area contributed by atoms with Gasteiger partial charge in [0.05, 0.1) is 6.54 Å². The van der Waals surface area contributed by atoms with Gasteiger partial charge >= 0.3 is 0 Å². The van der Waals surface area contributed by atoms with Gasteiger partial charge in [-0.05, 0) is 30.8 Å². The maximum absolute atomic E-state index is 12.0. The second-order valence-electron chi connectivity index (χ2n) is 4.79. The molecule has 19 heavy (non-hydrogen) atoms. The molecule has 0 aliphatic carbocycles. The lowest BCUT2D eigenvalue weighted by Gasteiger charge is -2.15. The molecule has 0 N–H and O–H groups in total. The Labute approximate surface area is 118 Å². The molecule has 0 atom stereocenters. The molecule has 0 spiro atoms. The maximum atomic E-state index is 12.0. The van der Waals surface area contributed by atoms with Crippen LogP contribution in [0.25, 0.3) is 0 Å². The summed E-state index contributed by atoms with van der Waals surface area (Å²) in [4.78, 5) is 14.0. The highest BCUT2D eigenvalue weighted by Crippen LogP contribution is 2.12. The molecule has 0 saturated carbocycles. The fourth-order valence-corrected chi connectivity index (χ4v) is 2.22. The number of aryl methyl sites for hydroxylation is 1. The average molecular weight is 277 g/mol. The molecule has 2 rings (SSSR count). The van der Waals surface area contributed by atoms with E-state index in [-0.39, 0.29) is 5.78 Å². The third kappa shape index (κ3) is 3.94. The molecule has 1 aromatic heterocycles. The van der Waals surface area contributed by atoms with E-state index in [0.29, 0.717) is 13.1 Å². The van der Waals surface area contributed by atoms with Crippen molar-refractivity contribution in [2.45, 2.75) is 6.54 Å². The minimum atomic E-state index is 0.130. The number of carbonyl (C=O) groups is 1. The first-order valence-corrected chi connectivity index (χ1v) is 6.50. The van der Waals surface area contributed by atoms with Crippen LogP contribution < -0.4 is 0 Å². The minimum Gasteiger partial charge on any atom is -0.357 e. The number of Topliss-reactive ketones (excluding diaryl/α,β-unsaturated/α-hetero) is 1. The maximum Gasteiger partial charge on any atom is 0.178 e. The number of hydrogen-bond donors (Lipinski definition) is 0. The van der Waals surface area contributed by atoms with Crippen LogP contribution in [0.3, 0.4) is 0 Å². The number of hydrogen-bond acceptors (Lipinski definition) is 2. The fraction of sp³-hybridized carbons (Fsp3) is 0.267. The highest BCUT2D eigenvalue weighted by Gasteiger charge is 2.10. The molecule has 0 aliphatic rings. The Bertz CT molecular complexity index is 577. The van der Waals surface area contributed by atoms with Crippen LogP contribution in [0.1, 0.15) is 15.9 Å². The topological polar surface area (TPSA) is 25.2 Å². The zero-order valence-electron chi connectivity index (χ0n) is 11.1. The molecule has 1 heterocycles. The summed E-state index contributed by atoms with van der Waals surface area (Å²) in [5.74, 6) is 0.130. The molecule has 0 fully saturated rings. The first kappa shape index (κ1) is 13.8. The van der Waals surface area contributed by atoms with Crippen LogP contribution in [0.15, 0.2) is 42.7 Å². The summed E-state index contributed by atoms with van der Waals surface area (Å²) in [6, 6.07) is 9.54. The van der Waals surface area contributed by atoms with Gasteiger partial charge in [-0.25, -0.2) is 0 Å². The number of benzene rings is 1. The zero-order chi connectivity index (χ0) is 13.8. The van der Waals surface area contributed by atoms with Crippen molar-refractivity contribution in [3.05, 3.63) is 58.9 Å². The lowest BCUT2D eigenvalue weighted by Crippen LogP contribution is -2.25. The van der Waals surface area contributed by atoms with E-state index < -0.39 is 0 Å². The molecule has 4 heteroatoms. The third-order valence-corrected chi connectivity index (χ3v) is 3.14. The van der Waals surface area contributed by atoms with E-state index in [2.05, 4.69) is 0 Å². The van der Waals surface area contributed by atoms with E-state index in [9.17, 15) is 4.79 Å². The highest BCUT2D eigenvalue weighted by atomic mass is 35.5. The normalized spacial score (nSPS) is 10.9. The number of carbonyl (C=O) groups excluding carboxylic acids is 1. The van der Waals surface area contributed by atoms with E-state index >= 15 is 0 Å². The van der Waals surface area contributed by atoms with Crippen molar-refractivity contribution in [3.8, 4) is 0 Å². The standard InChI is InChI=1S/C15H17ClN2O/c1-17-7-6-13(10-17)15(19)11-18(2)9-12-4-3-5-14(16)8-12/h3-8,10H,9,11H2,1-2H3. The molecule has 0 amide bonds. The van der Waals surface area contributed by atoms with Crippen molar-refractivity contribution >= 4 is 17.4 Å². The lowest BCUT2D eigenvalue weighted by molar-refractivity contribution is 0.0943. The van der Waals surface area contributed by atoms with Gasteiger partial charge in [-0.1, -0.05) is 23.7 Å². The fourth-order valence-electron chi connectivity index (χ4n) is 2.01. The smallest absolute Gasteiger partial charge is 0.178 e. The van der Waals surface area contributed by atoms with Gasteiger partial charge in [-0.3, -0.25) is 9.69 Å². The third-order valence-electron chi connectivity index (χ3n) is 2.91. The Morgan fingerprint density at radius 3 is 2.79 bits per heavy atom. The van der Waals surface area contributed by atoms with Crippen molar-refractivity contribution in [2.75, 3.05) is 13.6 Å². The first-order chi connectivity index (χ1) is 9.04. The van der Waals surface area contributed by atoms with Gasteiger partial charge in [0.1, 0.15) is 0 Å². The van der Waals surface area contributed by atoms with Crippen LogP contribution >= 0.6 is 11.6 Å². The van der Waals surface area contributed by atoms with Crippen molar-refractivity contribution in [3.63, 3.8) is 0 Å². The highest BCUT2D eigenvalue weighted by molar-refractivity contribution is 6.30. The van der Waals surface area contributed by atoms with E-state index in [1.807, 2.05) is 66.3 Å². The molecule has 0 radical (unpaired) electrons. The van der Waals surface area contributed by atoms with Crippen LogP contribution in [0, 0.1) is 0 Å². The zero-order valence-corrected chi connectivity index (χ0v) is 11.9. The molecule has 0 saturated heterocycles. The first-order valence-electron chi connectivity index (χ1n) is 6.13. The SMILES string of the molecule is CN(CC(=O)c1ccn(C)c1)Cc1cccc(Cl)c1. The number of nitrogens with zero attached hydrogens (tertiary/aromatic N) is 2. The molecule has 3 nitrogen and oxygen atoms in total. The Morgan fingerprint density at radius 1 is 1.37 bits per heavy atom. The quantitative estimate of drug-likeness (QED) is 0.785. The molecular weight excluding hydrogens is 260 g/mol. The second-order valence-corrected chi connectivity index (χ2v) is 5.23. The van der Waals surface area contributed by atoms with E-state index in [1.54, 1.807) is 0 Å². The van der Waals surface area contributed by atoms with Crippen LogP contribution in [0.2, 0.25) is 5.02 Å². The summed E-state index contributed by atoms with van der Waals surface area (Å²) in [6.45, 7) is 1.11. The number of aromatic nitrogens is 1. The summed E-state index contributed by atoms with van der Waals surface area (Å²) in [6.07, 6.45) is 3.72. The monoisotopic (exact) mass is 276 g/mol. The second kappa shape index (κ2) is 6.04. The van der Waals surface area contributed by atoms with Gasteiger partial charge in [-0.15, -0.1) is 0 Å². The number of ketones is 1. The predicted molar refractivity (Wildman–Crippen MR) is 77.5 cm³/mol. The molecule has 0 bridgehead atoms. The minimum absolute atomic E-state index is 0.130. The molecular formula is C15H17ClN2O. The molecule has 1 aromatic carbocycles. The van der Waals surface area contributed by atoms with Crippen LogP contribution in [0.5, 0.6) is 0 Å². The number of likely N-dealkylation sites (N-methyl/N-ethyl adjacent to an activating group) is 1. The van der Waals surface area contributed by atoms with E-state index in [0.717, 1.165) is 16.1 Å². The van der Waals surface area contributed by atoms with Gasteiger partial charge < -0.3 is 4.57 Å². The van der Waals surface area contributed by atoms with E-state index in [4.69, 9.17) is 11.6 Å². The largest absolute Gasteiger partial charge is 0.357 e. The molecule has 0 unspecified atom stereocenters.